The molecule has 156 valence electrons. The molecule has 0 saturated carbocycles. The Morgan fingerprint density at radius 1 is 1.03 bits per heavy atom. The lowest BCUT2D eigenvalue weighted by Gasteiger charge is -2.31. The van der Waals surface area contributed by atoms with Gasteiger partial charge in [-0.25, -0.2) is 0 Å². The fourth-order valence-corrected chi connectivity index (χ4v) is 4.04. The normalized spacial score (nSPS) is 11.7. The number of thioether (sulfide) groups is 1. The van der Waals surface area contributed by atoms with E-state index in [-0.39, 0.29) is 11.8 Å². The standard InChI is InChI=1S/C24H32N2O2S/c1-4-15-25-24(28)22(5-2)26(16-21-14-10-9-11-19(21)3)23(27)18-29-17-20-12-7-6-8-13-20/h6-14,22H,4-5,15-18H2,1-3H3,(H,25,28)/t22-/m0/s1. The molecule has 0 aromatic heterocycles. The van der Waals surface area contributed by atoms with Gasteiger partial charge in [0.2, 0.25) is 11.8 Å². The van der Waals surface area contributed by atoms with Gasteiger partial charge in [-0.2, -0.15) is 0 Å². The van der Waals surface area contributed by atoms with Crippen molar-refractivity contribution in [1.29, 1.82) is 0 Å². The first-order valence-electron chi connectivity index (χ1n) is 10.3. The topological polar surface area (TPSA) is 49.4 Å². The minimum Gasteiger partial charge on any atom is -0.354 e. The number of benzene rings is 2. The fraction of sp³-hybridized carbons (Fsp3) is 0.417. The number of carbonyl (C=O) groups excluding carboxylic acids is 2. The lowest BCUT2D eigenvalue weighted by Crippen LogP contribution is -2.49. The number of aryl methyl sites for hydroxylation is 1. The van der Waals surface area contributed by atoms with Crippen molar-refractivity contribution in [2.75, 3.05) is 12.3 Å². The van der Waals surface area contributed by atoms with E-state index in [2.05, 4.69) is 17.4 Å². The highest BCUT2D eigenvalue weighted by Gasteiger charge is 2.28. The van der Waals surface area contributed by atoms with E-state index in [4.69, 9.17) is 0 Å². The molecule has 2 aromatic rings. The van der Waals surface area contributed by atoms with Gasteiger partial charge in [0.15, 0.2) is 0 Å². The van der Waals surface area contributed by atoms with Gasteiger partial charge in [-0.15, -0.1) is 11.8 Å². The van der Waals surface area contributed by atoms with E-state index in [9.17, 15) is 9.59 Å². The van der Waals surface area contributed by atoms with E-state index in [1.807, 2.05) is 63.2 Å². The quantitative estimate of drug-likeness (QED) is 0.588. The SMILES string of the molecule is CCCNC(=O)[C@H](CC)N(Cc1ccccc1C)C(=O)CSCc1ccccc1. The fourth-order valence-electron chi connectivity index (χ4n) is 3.17. The second-order valence-corrected chi connectivity index (χ2v) is 8.13. The first-order chi connectivity index (χ1) is 14.1. The minimum absolute atomic E-state index is 0.00711. The summed E-state index contributed by atoms with van der Waals surface area (Å²) in [7, 11) is 0. The molecule has 0 aliphatic rings. The summed E-state index contributed by atoms with van der Waals surface area (Å²) in [6.07, 6.45) is 1.47. The third-order valence-corrected chi connectivity index (χ3v) is 5.86. The predicted molar refractivity (Wildman–Crippen MR) is 122 cm³/mol. The van der Waals surface area contributed by atoms with Gasteiger partial charge in [-0.05, 0) is 36.5 Å². The molecule has 1 atom stereocenters. The third-order valence-electron chi connectivity index (χ3n) is 4.87. The van der Waals surface area contributed by atoms with E-state index < -0.39 is 6.04 Å². The Bertz CT molecular complexity index is 779. The van der Waals surface area contributed by atoms with Gasteiger partial charge in [0.1, 0.15) is 6.04 Å². The maximum atomic E-state index is 13.2. The van der Waals surface area contributed by atoms with E-state index in [1.54, 1.807) is 16.7 Å². The van der Waals surface area contributed by atoms with Crippen molar-refractivity contribution in [2.45, 2.75) is 52.0 Å². The summed E-state index contributed by atoms with van der Waals surface area (Å²) in [5, 5.41) is 2.96. The maximum absolute atomic E-state index is 13.2. The average Bonchev–Trinajstić information content (AvgIpc) is 2.74. The second-order valence-electron chi connectivity index (χ2n) is 7.14. The highest BCUT2D eigenvalue weighted by molar-refractivity contribution is 7.99. The number of nitrogens with zero attached hydrogens (tertiary/aromatic N) is 1. The Kier molecular flexibility index (Phi) is 9.78. The maximum Gasteiger partial charge on any atom is 0.242 e. The summed E-state index contributed by atoms with van der Waals surface area (Å²) in [6.45, 7) is 7.11. The lowest BCUT2D eigenvalue weighted by molar-refractivity contribution is -0.139. The third kappa shape index (κ3) is 7.24. The molecule has 0 radical (unpaired) electrons. The Morgan fingerprint density at radius 3 is 2.38 bits per heavy atom. The summed E-state index contributed by atoms with van der Waals surface area (Å²) < 4.78 is 0. The van der Waals surface area contributed by atoms with E-state index in [1.165, 1.54) is 5.56 Å². The van der Waals surface area contributed by atoms with Gasteiger partial charge < -0.3 is 10.2 Å². The van der Waals surface area contributed by atoms with Crippen molar-refractivity contribution in [3.8, 4) is 0 Å². The number of nitrogens with one attached hydrogen (secondary N) is 1. The van der Waals surface area contributed by atoms with Crippen molar-refractivity contribution >= 4 is 23.6 Å². The number of carbonyl (C=O) groups is 2. The Morgan fingerprint density at radius 2 is 1.72 bits per heavy atom. The Balaban J connectivity index is 2.12. The van der Waals surface area contributed by atoms with Crippen LogP contribution in [0.5, 0.6) is 0 Å². The molecule has 0 unspecified atom stereocenters. The van der Waals surface area contributed by atoms with Gasteiger partial charge in [-0.1, -0.05) is 68.4 Å². The largest absolute Gasteiger partial charge is 0.354 e. The molecule has 4 nitrogen and oxygen atoms in total. The van der Waals surface area contributed by atoms with Gasteiger partial charge in [-0.3, -0.25) is 9.59 Å². The van der Waals surface area contributed by atoms with Crippen LogP contribution in [-0.4, -0.2) is 35.1 Å². The van der Waals surface area contributed by atoms with Crippen LogP contribution in [0, 0.1) is 6.92 Å². The number of amides is 2. The van der Waals surface area contributed by atoms with Gasteiger partial charge in [0.05, 0.1) is 5.75 Å². The van der Waals surface area contributed by atoms with E-state index >= 15 is 0 Å². The smallest absolute Gasteiger partial charge is 0.242 e. The van der Waals surface area contributed by atoms with Crippen molar-refractivity contribution in [2.24, 2.45) is 0 Å². The molecule has 5 heteroatoms. The van der Waals surface area contributed by atoms with Crippen LogP contribution >= 0.6 is 11.8 Å². The van der Waals surface area contributed by atoms with Crippen molar-refractivity contribution in [1.82, 2.24) is 10.2 Å². The summed E-state index contributed by atoms with van der Waals surface area (Å²) in [5.74, 6) is 1.08. The molecule has 1 N–H and O–H groups in total. The Labute approximate surface area is 179 Å². The molecule has 2 aromatic carbocycles. The summed E-state index contributed by atoms with van der Waals surface area (Å²) >= 11 is 1.59. The number of hydrogen-bond donors (Lipinski definition) is 1. The molecule has 0 aliphatic carbocycles. The van der Waals surface area contributed by atoms with Crippen LogP contribution in [0.1, 0.15) is 43.4 Å². The van der Waals surface area contributed by atoms with Crippen LogP contribution in [0.15, 0.2) is 54.6 Å². The molecule has 0 fully saturated rings. The molecular formula is C24H32N2O2S. The lowest BCUT2D eigenvalue weighted by atomic mass is 10.1. The number of hydrogen-bond acceptors (Lipinski definition) is 3. The second kappa shape index (κ2) is 12.3. The van der Waals surface area contributed by atoms with Gasteiger partial charge >= 0.3 is 0 Å². The van der Waals surface area contributed by atoms with E-state index in [0.29, 0.717) is 25.3 Å². The zero-order valence-electron chi connectivity index (χ0n) is 17.7. The molecule has 2 rings (SSSR count). The van der Waals surface area contributed by atoms with Crippen molar-refractivity contribution in [3.05, 3.63) is 71.3 Å². The molecule has 0 aliphatic heterocycles. The van der Waals surface area contributed by atoms with Crippen LogP contribution in [-0.2, 0) is 21.9 Å². The minimum atomic E-state index is -0.453. The van der Waals surface area contributed by atoms with Crippen LogP contribution in [0.2, 0.25) is 0 Å². The monoisotopic (exact) mass is 412 g/mol. The molecule has 0 heterocycles. The molecule has 0 spiro atoms. The van der Waals surface area contributed by atoms with Crippen molar-refractivity contribution in [3.63, 3.8) is 0 Å². The van der Waals surface area contributed by atoms with Gasteiger partial charge in [0, 0.05) is 18.8 Å². The number of rotatable bonds is 11. The van der Waals surface area contributed by atoms with Crippen LogP contribution in [0.3, 0.4) is 0 Å². The average molecular weight is 413 g/mol. The molecule has 29 heavy (non-hydrogen) atoms. The van der Waals surface area contributed by atoms with Crippen LogP contribution in [0.25, 0.3) is 0 Å². The summed E-state index contributed by atoms with van der Waals surface area (Å²) in [5.41, 5.74) is 3.41. The predicted octanol–water partition coefficient (Wildman–Crippen LogP) is 4.56. The Hall–Kier alpha value is -2.27. The molecule has 0 saturated heterocycles. The molecule has 0 bridgehead atoms. The van der Waals surface area contributed by atoms with Gasteiger partial charge in [0.25, 0.3) is 0 Å². The zero-order valence-corrected chi connectivity index (χ0v) is 18.5. The first-order valence-corrected chi connectivity index (χ1v) is 11.5. The van der Waals surface area contributed by atoms with Crippen LogP contribution in [0.4, 0.5) is 0 Å². The van der Waals surface area contributed by atoms with E-state index in [0.717, 1.165) is 23.3 Å². The van der Waals surface area contributed by atoms with Crippen LogP contribution < -0.4 is 5.32 Å². The zero-order chi connectivity index (χ0) is 21.1. The highest BCUT2D eigenvalue weighted by Crippen LogP contribution is 2.18. The molecule has 2 amide bonds. The van der Waals surface area contributed by atoms with Crippen molar-refractivity contribution < 1.29 is 9.59 Å². The molecular weight excluding hydrogens is 380 g/mol. The summed E-state index contributed by atoms with van der Waals surface area (Å²) in [4.78, 5) is 27.6. The first kappa shape index (κ1) is 23.0. The summed E-state index contributed by atoms with van der Waals surface area (Å²) in [6, 6.07) is 17.7. The highest BCUT2D eigenvalue weighted by atomic mass is 32.2.